The zero-order valence-corrected chi connectivity index (χ0v) is 13.3. The smallest absolute Gasteiger partial charge is 0.161 e. The predicted molar refractivity (Wildman–Crippen MR) is 79.8 cm³/mol. The third-order valence-electron chi connectivity index (χ3n) is 3.02. The minimum absolute atomic E-state index is 0.0903. The Kier molecular flexibility index (Phi) is 4.50. The fourth-order valence-corrected chi connectivity index (χ4v) is 2.71. The van der Waals surface area contributed by atoms with Gasteiger partial charge >= 0.3 is 0 Å². The maximum absolute atomic E-state index is 6.37. The average Bonchev–Trinajstić information content (AvgIpc) is 2.77. The van der Waals surface area contributed by atoms with Gasteiger partial charge in [0.25, 0.3) is 0 Å². The van der Waals surface area contributed by atoms with Gasteiger partial charge < -0.3 is 10.1 Å². The third kappa shape index (κ3) is 2.63. The molecule has 0 fully saturated rings. The number of nitrogens with zero attached hydrogens (tertiary/aromatic N) is 2. The van der Waals surface area contributed by atoms with Gasteiger partial charge in [0.15, 0.2) is 5.75 Å². The molecule has 1 unspecified atom stereocenters. The van der Waals surface area contributed by atoms with Gasteiger partial charge in [0.1, 0.15) is 5.69 Å². The summed E-state index contributed by atoms with van der Waals surface area (Å²) >= 11 is 9.82. The van der Waals surface area contributed by atoms with Crippen molar-refractivity contribution in [2.45, 2.75) is 6.04 Å². The first-order valence-electron chi connectivity index (χ1n) is 5.77. The van der Waals surface area contributed by atoms with Gasteiger partial charge in [-0.2, -0.15) is 5.10 Å². The van der Waals surface area contributed by atoms with Gasteiger partial charge in [-0.25, -0.2) is 0 Å². The molecular formula is C13H15BrClN3O. The maximum atomic E-state index is 6.37. The summed E-state index contributed by atoms with van der Waals surface area (Å²) in [6.45, 7) is 0. The molecule has 0 spiro atoms. The molecule has 0 radical (unpaired) electrons. The van der Waals surface area contributed by atoms with Gasteiger partial charge in [-0.1, -0.05) is 23.7 Å². The Bertz CT molecular complexity index is 585. The number of aryl methyl sites for hydroxylation is 1. The first kappa shape index (κ1) is 14.4. The fraction of sp³-hybridized carbons (Fsp3) is 0.308. The largest absolute Gasteiger partial charge is 0.493 e. The molecule has 4 nitrogen and oxygen atoms in total. The van der Waals surface area contributed by atoms with E-state index in [4.69, 9.17) is 16.3 Å². The minimum Gasteiger partial charge on any atom is -0.493 e. The fourth-order valence-electron chi connectivity index (χ4n) is 2.10. The number of nitrogens with one attached hydrogen (secondary N) is 1. The molecular weight excluding hydrogens is 330 g/mol. The number of benzene rings is 1. The third-order valence-corrected chi connectivity index (χ3v) is 4.33. The lowest BCUT2D eigenvalue weighted by molar-refractivity contribution is 0.402. The topological polar surface area (TPSA) is 39.1 Å². The summed E-state index contributed by atoms with van der Waals surface area (Å²) in [6.07, 6.45) is 1.70. The molecule has 0 amide bonds. The minimum atomic E-state index is -0.0903. The van der Waals surface area contributed by atoms with E-state index >= 15 is 0 Å². The summed E-state index contributed by atoms with van der Waals surface area (Å²) in [5, 5.41) is 8.17. The molecule has 102 valence electrons. The van der Waals surface area contributed by atoms with Crippen LogP contribution in [-0.4, -0.2) is 23.9 Å². The number of aromatic nitrogens is 2. The molecule has 6 heteroatoms. The first-order valence-corrected chi connectivity index (χ1v) is 6.94. The van der Waals surface area contributed by atoms with Crippen LogP contribution in [0.5, 0.6) is 5.75 Å². The van der Waals surface area contributed by atoms with Crippen molar-refractivity contribution in [2.75, 3.05) is 14.2 Å². The Morgan fingerprint density at radius 1 is 1.47 bits per heavy atom. The van der Waals surface area contributed by atoms with Crippen LogP contribution in [0.1, 0.15) is 17.3 Å². The second kappa shape index (κ2) is 5.94. The summed E-state index contributed by atoms with van der Waals surface area (Å²) in [6, 6.07) is 5.77. The SMILES string of the molecule is CNC(c1cccc(Br)c1Cl)c1c(OC)cnn1C. The molecule has 0 saturated carbocycles. The highest BCUT2D eigenvalue weighted by molar-refractivity contribution is 9.10. The van der Waals surface area contributed by atoms with Crippen LogP contribution in [0.15, 0.2) is 28.9 Å². The number of ether oxygens (including phenoxy) is 1. The quantitative estimate of drug-likeness (QED) is 0.926. The van der Waals surface area contributed by atoms with Crippen LogP contribution in [0.4, 0.5) is 0 Å². The lowest BCUT2D eigenvalue weighted by Gasteiger charge is -2.20. The molecule has 2 rings (SSSR count). The van der Waals surface area contributed by atoms with Crippen LogP contribution in [0.2, 0.25) is 5.02 Å². The van der Waals surface area contributed by atoms with Crippen LogP contribution >= 0.6 is 27.5 Å². The highest BCUT2D eigenvalue weighted by Gasteiger charge is 2.23. The predicted octanol–water partition coefficient (Wildman–Crippen LogP) is 3.15. The van der Waals surface area contributed by atoms with E-state index in [9.17, 15) is 0 Å². The molecule has 1 aromatic heterocycles. The van der Waals surface area contributed by atoms with Gasteiger partial charge in [-0.05, 0) is 34.6 Å². The molecule has 0 aliphatic rings. The van der Waals surface area contributed by atoms with E-state index in [0.29, 0.717) is 5.02 Å². The number of rotatable bonds is 4. The van der Waals surface area contributed by atoms with Crippen LogP contribution in [0.3, 0.4) is 0 Å². The first-order chi connectivity index (χ1) is 9.10. The van der Waals surface area contributed by atoms with Crippen LogP contribution in [-0.2, 0) is 7.05 Å². The van der Waals surface area contributed by atoms with Gasteiger partial charge in [-0.15, -0.1) is 0 Å². The average molecular weight is 345 g/mol. The van der Waals surface area contributed by atoms with Gasteiger partial charge in [0, 0.05) is 11.5 Å². The second-order valence-electron chi connectivity index (χ2n) is 4.09. The molecule has 0 aliphatic heterocycles. The highest BCUT2D eigenvalue weighted by atomic mass is 79.9. The molecule has 19 heavy (non-hydrogen) atoms. The Balaban J connectivity index is 2.56. The molecule has 0 saturated heterocycles. The Hall–Kier alpha value is -1.04. The van der Waals surface area contributed by atoms with Gasteiger partial charge in [0.2, 0.25) is 0 Å². The molecule has 1 aromatic carbocycles. The van der Waals surface area contributed by atoms with E-state index < -0.39 is 0 Å². The number of hydrogen-bond acceptors (Lipinski definition) is 3. The molecule has 1 atom stereocenters. The van der Waals surface area contributed by atoms with E-state index in [1.54, 1.807) is 18.0 Å². The van der Waals surface area contributed by atoms with Crippen molar-refractivity contribution in [3.05, 3.63) is 45.1 Å². The standard InChI is InChI=1S/C13H15BrClN3O/c1-16-12(8-5-4-6-9(14)11(8)15)13-10(19-3)7-17-18(13)2/h4-7,12,16H,1-3H3. The van der Waals surface area contributed by atoms with E-state index in [1.807, 2.05) is 32.3 Å². The Morgan fingerprint density at radius 2 is 2.21 bits per heavy atom. The highest BCUT2D eigenvalue weighted by Crippen LogP contribution is 2.36. The van der Waals surface area contributed by atoms with Crippen LogP contribution < -0.4 is 10.1 Å². The molecule has 0 bridgehead atoms. The monoisotopic (exact) mass is 343 g/mol. The van der Waals surface area contributed by atoms with E-state index in [-0.39, 0.29) is 6.04 Å². The van der Waals surface area contributed by atoms with E-state index in [0.717, 1.165) is 21.5 Å². The molecule has 1 N–H and O–H groups in total. The summed E-state index contributed by atoms with van der Waals surface area (Å²) in [4.78, 5) is 0. The molecule has 0 aliphatic carbocycles. The number of methoxy groups -OCH3 is 1. The maximum Gasteiger partial charge on any atom is 0.161 e. The number of halogens is 2. The van der Waals surface area contributed by atoms with E-state index in [2.05, 4.69) is 26.3 Å². The van der Waals surface area contributed by atoms with Crippen LogP contribution in [0, 0.1) is 0 Å². The summed E-state index contributed by atoms with van der Waals surface area (Å²) in [5.41, 5.74) is 1.91. The van der Waals surface area contributed by atoms with E-state index in [1.165, 1.54) is 0 Å². The Morgan fingerprint density at radius 3 is 2.84 bits per heavy atom. The zero-order chi connectivity index (χ0) is 14.0. The molecule has 1 heterocycles. The van der Waals surface area contributed by atoms with Crippen molar-refractivity contribution in [3.63, 3.8) is 0 Å². The van der Waals surface area contributed by atoms with Gasteiger partial charge in [0.05, 0.1) is 24.4 Å². The summed E-state index contributed by atoms with van der Waals surface area (Å²) in [7, 11) is 5.40. The Labute approximate surface area is 125 Å². The van der Waals surface area contributed by atoms with Crippen molar-refractivity contribution in [1.82, 2.24) is 15.1 Å². The van der Waals surface area contributed by atoms with Crippen molar-refractivity contribution >= 4 is 27.5 Å². The second-order valence-corrected chi connectivity index (χ2v) is 5.32. The summed E-state index contributed by atoms with van der Waals surface area (Å²) in [5.74, 6) is 0.734. The molecule has 2 aromatic rings. The zero-order valence-electron chi connectivity index (χ0n) is 10.9. The normalized spacial score (nSPS) is 12.5. The lowest BCUT2D eigenvalue weighted by atomic mass is 10.0. The van der Waals surface area contributed by atoms with Crippen molar-refractivity contribution in [2.24, 2.45) is 7.05 Å². The number of hydrogen-bond donors (Lipinski definition) is 1. The summed E-state index contributed by atoms with van der Waals surface area (Å²) < 4.78 is 8.02. The van der Waals surface area contributed by atoms with Crippen molar-refractivity contribution in [1.29, 1.82) is 0 Å². The van der Waals surface area contributed by atoms with Gasteiger partial charge in [-0.3, -0.25) is 4.68 Å². The van der Waals surface area contributed by atoms with Crippen LogP contribution in [0.25, 0.3) is 0 Å². The lowest BCUT2D eigenvalue weighted by Crippen LogP contribution is -2.21. The van der Waals surface area contributed by atoms with Crippen molar-refractivity contribution in [3.8, 4) is 5.75 Å². The van der Waals surface area contributed by atoms with Crippen molar-refractivity contribution < 1.29 is 4.74 Å².